The number of carbonyl (C=O) groups is 1. The largest absolute Gasteiger partial charge is 0.462 e. The number of esters is 1. The van der Waals surface area contributed by atoms with Crippen LogP contribution in [-0.2, 0) is 4.74 Å². The molecule has 0 fully saturated rings. The van der Waals surface area contributed by atoms with Crippen LogP contribution in [0.4, 0.5) is 0 Å². The van der Waals surface area contributed by atoms with Crippen molar-refractivity contribution in [3.8, 4) is 0 Å². The van der Waals surface area contributed by atoms with Crippen molar-refractivity contribution in [3.05, 3.63) is 41.6 Å². The number of fused-ring (bicyclic) bond motifs is 1. The number of pyridine rings is 1. The minimum absolute atomic E-state index is 0.257. The summed E-state index contributed by atoms with van der Waals surface area (Å²) in [6, 6.07) is 9.73. The first-order valence-electron chi connectivity index (χ1n) is 8.28. The fraction of sp³-hybridized carbons (Fsp3) is 0.474. The minimum atomic E-state index is -0.257. The van der Waals surface area contributed by atoms with Gasteiger partial charge in [-0.3, -0.25) is 4.98 Å². The number of ether oxygens (including phenoxy) is 1. The molecule has 1 aromatic heterocycles. The summed E-state index contributed by atoms with van der Waals surface area (Å²) in [5.74, 6) is 0.144. The fourth-order valence-electron chi connectivity index (χ4n) is 2.79. The average Bonchev–Trinajstić information content (AvgIpc) is 2.55. The average molecular weight is 299 g/mol. The Labute approximate surface area is 132 Å². The number of benzene rings is 1. The van der Waals surface area contributed by atoms with Crippen LogP contribution in [0.2, 0.25) is 0 Å². The van der Waals surface area contributed by atoms with E-state index < -0.39 is 0 Å². The third kappa shape index (κ3) is 3.65. The van der Waals surface area contributed by atoms with E-state index in [1.54, 1.807) is 0 Å². The molecule has 22 heavy (non-hydrogen) atoms. The molecule has 1 aromatic carbocycles. The molecule has 0 aliphatic heterocycles. The molecule has 0 aliphatic rings. The van der Waals surface area contributed by atoms with Gasteiger partial charge >= 0.3 is 5.97 Å². The first-order valence-corrected chi connectivity index (χ1v) is 8.28. The molecule has 0 amide bonds. The van der Waals surface area contributed by atoms with E-state index in [2.05, 4.69) is 13.8 Å². The van der Waals surface area contributed by atoms with E-state index >= 15 is 0 Å². The van der Waals surface area contributed by atoms with Crippen molar-refractivity contribution in [2.24, 2.45) is 0 Å². The van der Waals surface area contributed by atoms with E-state index in [0.29, 0.717) is 18.1 Å². The van der Waals surface area contributed by atoms with Crippen molar-refractivity contribution in [3.63, 3.8) is 0 Å². The topological polar surface area (TPSA) is 39.2 Å². The maximum Gasteiger partial charge on any atom is 0.338 e. The Morgan fingerprint density at radius 2 is 2.00 bits per heavy atom. The number of para-hydroxylation sites is 1. The standard InChI is InChI=1S/C19H25NO2/c1-4-7-10-14(5-2)18-13-16(19(21)22-6-3)15-11-8-9-12-17(15)20-18/h8-9,11-14H,4-7,10H2,1-3H3. The van der Waals surface area contributed by atoms with Gasteiger partial charge in [-0.15, -0.1) is 0 Å². The molecule has 0 saturated carbocycles. The molecule has 118 valence electrons. The van der Waals surface area contributed by atoms with Gasteiger partial charge in [0.2, 0.25) is 0 Å². The summed E-state index contributed by atoms with van der Waals surface area (Å²) >= 11 is 0. The summed E-state index contributed by atoms with van der Waals surface area (Å²) in [6.45, 7) is 6.60. The first-order chi connectivity index (χ1) is 10.7. The lowest BCUT2D eigenvalue weighted by atomic mass is 9.93. The predicted molar refractivity (Wildman–Crippen MR) is 90.3 cm³/mol. The molecule has 0 bridgehead atoms. The fourth-order valence-corrected chi connectivity index (χ4v) is 2.79. The SMILES string of the molecule is CCCCC(CC)c1cc(C(=O)OCC)c2ccccc2n1. The quantitative estimate of drug-likeness (QED) is 0.668. The van der Waals surface area contributed by atoms with Gasteiger partial charge in [0.15, 0.2) is 0 Å². The minimum Gasteiger partial charge on any atom is -0.462 e. The zero-order valence-corrected chi connectivity index (χ0v) is 13.8. The summed E-state index contributed by atoms with van der Waals surface area (Å²) < 4.78 is 5.22. The van der Waals surface area contributed by atoms with Crippen molar-refractivity contribution in [1.29, 1.82) is 0 Å². The number of hydrogen-bond donors (Lipinski definition) is 0. The van der Waals surface area contributed by atoms with Gasteiger partial charge in [-0.05, 0) is 31.9 Å². The number of unbranched alkanes of at least 4 members (excludes halogenated alkanes) is 1. The number of carbonyl (C=O) groups excluding carboxylic acids is 1. The Morgan fingerprint density at radius 3 is 2.68 bits per heavy atom. The van der Waals surface area contributed by atoms with Gasteiger partial charge in [-0.2, -0.15) is 0 Å². The lowest BCUT2D eigenvalue weighted by molar-refractivity contribution is 0.0528. The second kappa shape index (κ2) is 7.92. The molecule has 0 aliphatic carbocycles. The Kier molecular flexibility index (Phi) is 5.93. The molecule has 0 N–H and O–H groups in total. The third-order valence-corrected chi connectivity index (χ3v) is 4.05. The van der Waals surface area contributed by atoms with Crippen molar-refractivity contribution in [2.75, 3.05) is 6.61 Å². The molecular weight excluding hydrogens is 274 g/mol. The Balaban J connectivity index is 2.49. The van der Waals surface area contributed by atoms with E-state index in [0.717, 1.165) is 29.4 Å². The number of rotatable bonds is 7. The van der Waals surface area contributed by atoms with E-state index in [9.17, 15) is 4.79 Å². The smallest absolute Gasteiger partial charge is 0.338 e. The summed E-state index contributed by atoms with van der Waals surface area (Å²) in [7, 11) is 0. The van der Waals surface area contributed by atoms with Crippen LogP contribution in [0.3, 0.4) is 0 Å². The Bertz CT molecular complexity index is 636. The highest BCUT2D eigenvalue weighted by Gasteiger charge is 2.18. The van der Waals surface area contributed by atoms with Crippen LogP contribution in [0.25, 0.3) is 10.9 Å². The predicted octanol–water partition coefficient (Wildman–Crippen LogP) is 5.10. The molecule has 0 spiro atoms. The first kappa shape index (κ1) is 16.5. The molecule has 0 radical (unpaired) electrons. The highest BCUT2D eigenvalue weighted by Crippen LogP contribution is 2.28. The van der Waals surface area contributed by atoms with Gasteiger partial charge in [0.1, 0.15) is 0 Å². The molecule has 1 heterocycles. The molecule has 0 saturated heterocycles. The van der Waals surface area contributed by atoms with E-state index in [-0.39, 0.29) is 5.97 Å². The molecule has 3 nitrogen and oxygen atoms in total. The van der Waals surface area contributed by atoms with Crippen molar-refractivity contribution >= 4 is 16.9 Å². The van der Waals surface area contributed by atoms with Crippen LogP contribution in [0.1, 0.15) is 68.4 Å². The van der Waals surface area contributed by atoms with E-state index in [4.69, 9.17) is 9.72 Å². The number of nitrogens with zero attached hydrogens (tertiary/aromatic N) is 1. The van der Waals surface area contributed by atoms with Crippen molar-refractivity contribution in [2.45, 2.75) is 52.4 Å². The highest BCUT2D eigenvalue weighted by atomic mass is 16.5. The zero-order chi connectivity index (χ0) is 15.9. The van der Waals surface area contributed by atoms with Gasteiger partial charge < -0.3 is 4.74 Å². The zero-order valence-electron chi connectivity index (χ0n) is 13.8. The van der Waals surface area contributed by atoms with Crippen LogP contribution in [-0.4, -0.2) is 17.6 Å². The van der Waals surface area contributed by atoms with Crippen molar-refractivity contribution in [1.82, 2.24) is 4.98 Å². The summed E-state index contributed by atoms with van der Waals surface area (Å²) in [5.41, 5.74) is 2.52. The molecule has 2 rings (SSSR count). The van der Waals surface area contributed by atoms with Crippen LogP contribution in [0.5, 0.6) is 0 Å². The lowest BCUT2D eigenvalue weighted by Gasteiger charge is -2.16. The maximum absolute atomic E-state index is 12.3. The normalized spacial score (nSPS) is 12.3. The molecule has 3 heteroatoms. The highest BCUT2D eigenvalue weighted by molar-refractivity contribution is 6.03. The molecular formula is C19H25NO2. The Morgan fingerprint density at radius 1 is 1.23 bits per heavy atom. The molecule has 1 atom stereocenters. The summed E-state index contributed by atoms with van der Waals surface area (Å²) in [4.78, 5) is 17.1. The van der Waals surface area contributed by atoms with Gasteiger partial charge in [-0.25, -0.2) is 4.79 Å². The van der Waals surface area contributed by atoms with Gasteiger partial charge in [0.25, 0.3) is 0 Å². The molecule has 2 aromatic rings. The lowest BCUT2D eigenvalue weighted by Crippen LogP contribution is -2.09. The summed E-state index contributed by atoms with van der Waals surface area (Å²) in [5, 5.41) is 0.870. The number of aromatic nitrogens is 1. The van der Waals surface area contributed by atoms with Crippen LogP contribution >= 0.6 is 0 Å². The van der Waals surface area contributed by atoms with Gasteiger partial charge in [-0.1, -0.05) is 44.9 Å². The monoisotopic (exact) mass is 299 g/mol. The second-order valence-corrected chi connectivity index (χ2v) is 5.58. The third-order valence-electron chi connectivity index (χ3n) is 4.05. The second-order valence-electron chi connectivity index (χ2n) is 5.58. The summed E-state index contributed by atoms with van der Waals surface area (Å²) in [6.07, 6.45) is 4.50. The van der Waals surface area contributed by atoms with E-state index in [1.165, 1.54) is 12.8 Å². The van der Waals surface area contributed by atoms with Crippen LogP contribution in [0, 0.1) is 0 Å². The number of hydrogen-bond acceptors (Lipinski definition) is 3. The van der Waals surface area contributed by atoms with Gasteiger partial charge in [0.05, 0.1) is 17.7 Å². The molecule has 1 unspecified atom stereocenters. The Hall–Kier alpha value is -1.90. The van der Waals surface area contributed by atoms with Crippen molar-refractivity contribution < 1.29 is 9.53 Å². The van der Waals surface area contributed by atoms with Crippen LogP contribution in [0.15, 0.2) is 30.3 Å². The van der Waals surface area contributed by atoms with E-state index in [1.807, 2.05) is 37.3 Å². The maximum atomic E-state index is 12.3. The van der Waals surface area contributed by atoms with Crippen LogP contribution < -0.4 is 0 Å². The van der Waals surface area contributed by atoms with Gasteiger partial charge in [0, 0.05) is 17.0 Å².